The highest BCUT2D eigenvalue weighted by Crippen LogP contribution is 2.30. The largest absolute Gasteiger partial charge is 0.344 e. The minimum Gasteiger partial charge on any atom is -0.344 e. The Bertz CT molecular complexity index is 1120. The Morgan fingerprint density at radius 3 is 2.55 bits per heavy atom. The first kappa shape index (κ1) is 18.7. The molecular weight excluding hydrogens is 406 g/mol. The molecule has 3 heterocycles. The SMILES string of the molecule is O=S(=O)(c1ccc2c(c1)CCC2)N1CCN(c2nnc(-c3ccccn3)s2)CC1. The van der Waals surface area contributed by atoms with Gasteiger partial charge in [-0.3, -0.25) is 4.98 Å². The van der Waals surface area contributed by atoms with Crippen LogP contribution in [0.25, 0.3) is 10.7 Å². The van der Waals surface area contributed by atoms with Crippen LogP contribution in [0.1, 0.15) is 17.5 Å². The van der Waals surface area contributed by atoms with Gasteiger partial charge >= 0.3 is 0 Å². The van der Waals surface area contributed by atoms with E-state index in [9.17, 15) is 8.42 Å². The number of rotatable bonds is 4. The molecule has 2 aliphatic rings. The molecule has 0 atom stereocenters. The molecule has 0 unspecified atom stereocenters. The summed E-state index contributed by atoms with van der Waals surface area (Å²) < 4.78 is 27.8. The van der Waals surface area contributed by atoms with Crippen LogP contribution in [0.5, 0.6) is 0 Å². The third-order valence-electron chi connectivity index (χ3n) is 5.52. The second-order valence-corrected chi connectivity index (χ2v) is 10.2. The molecule has 0 amide bonds. The summed E-state index contributed by atoms with van der Waals surface area (Å²) in [6.45, 7) is 2.08. The van der Waals surface area contributed by atoms with Gasteiger partial charge in [-0.2, -0.15) is 4.31 Å². The maximum absolute atomic E-state index is 13.1. The number of pyridine rings is 1. The van der Waals surface area contributed by atoms with E-state index >= 15 is 0 Å². The lowest BCUT2D eigenvalue weighted by Gasteiger charge is -2.33. The summed E-state index contributed by atoms with van der Waals surface area (Å²) in [5.41, 5.74) is 3.27. The lowest BCUT2D eigenvalue weighted by atomic mass is 10.1. The molecule has 0 spiro atoms. The van der Waals surface area contributed by atoms with Crippen LogP contribution < -0.4 is 4.90 Å². The molecule has 0 saturated carbocycles. The quantitative estimate of drug-likeness (QED) is 0.637. The molecule has 0 N–H and O–H groups in total. The molecule has 1 fully saturated rings. The van der Waals surface area contributed by atoms with E-state index in [0.29, 0.717) is 31.1 Å². The van der Waals surface area contributed by atoms with Crippen molar-refractivity contribution in [1.29, 1.82) is 0 Å². The van der Waals surface area contributed by atoms with Crippen LogP contribution in [0.3, 0.4) is 0 Å². The third kappa shape index (κ3) is 3.54. The molecule has 1 aliphatic heterocycles. The van der Waals surface area contributed by atoms with Crippen LogP contribution in [0, 0.1) is 0 Å². The predicted molar refractivity (Wildman–Crippen MR) is 113 cm³/mol. The number of aryl methyl sites for hydroxylation is 2. The highest BCUT2D eigenvalue weighted by molar-refractivity contribution is 7.89. The predicted octanol–water partition coefficient (Wildman–Crippen LogP) is 2.60. The summed E-state index contributed by atoms with van der Waals surface area (Å²) >= 11 is 1.48. The first-order valence-corrected chi connectivity index (χ1v) is 12.0. The number of piperazine rings is 1. The molecule has 29 heavy (non-hydrogen) atoms. The number of aromatic nitrogens is 3. The van der Waals surface area contributed by atoms with Gasteiger partial charge in [0, 0.05) is 32.4 Å². The van der Waals surface area contributed by atoms with Gasteiger partial charge in [0.1, 0.15) is 5.69 Å². The Kier molecular flexibility index (Phi) is 4.81. The molecule has 5 rings (SSSR count). The molecule has 1 saturated heterocycles. The van der Waals surface area contributed by atoms with Gasteiger partial charge in [0.15, 0.2) is 5.01 Å². The number of fused-ring (bicyclic) bond motifs is 1. The van der Waals surface area contributed by atoms with E-state index in [1.165, 1.54) is 22.5 Å². The fourth-order valence-electron chi connectivity index (χ4n) is 3.91. The lowest BCUT2D eigenvalue weighted by molar-refractivity contribution is 0.384. The molecule has 1 aliphatic carbocycles. The number of benzene rings is 1. The molecule has 1 aromatic carbocycles. The van der Waals surface area contributed by atoms with E-state index in [1.807, 2.05) is 30.3 Å². The second-order valence-electron chi connectivity index (χ2n) is 7.28. The number of nitrogens with zero attached hydrogens (tertiary/aromatic N) is 5. The molecular formula is C20H21N5O2S2. The summed E-state index contributed by atoms with van der Waals surface area (Å²) in [6, 6.07) is 11.3. The molecule has 7 nitrogen and oxygen atoms in total. The van der Waals surface area contributed by atoms with Crippen molar-refractivity contribution in [2.45, 2.75) is 24.2 Å². The average molecular weight is 428 g/mol. The van der Waals surface area contributed by atoms with Crippen LogP contribution in [0.15, 0.2) is 47.5 Å². The molecule has 3 aromatic rings. The van der Waals surface area contributed by atoms with Gasteiger partial charge in [0.25, 0.3) is 0 Å². The van der Waals surface area contributed by atoms with Crippen LogP contribution in [-0.2, 0) is 22.9 Å². The van der Waals surface area contributed by atoms with E-state index in [4.69, 9.17) is 0 Å². The number of sulfonamides is 1. The Balaban J connectivity index is 1.28. The Morgan fingerprint density at radius 1 is 0.931 bits per heavy atom. The van der Waals surface area contributed by atoms with E-state index in [-0.39, 0.29) is 0 Å². The fraction of sp³-hybridized carbons (Fsp3) is 0.350. The first-order valence-electron chi connectivity index (χ1n) is 9.73. The third-order valence-corrected chi connectivity index (χ3v) is 8.42. The topological polar surface area (TPSA) is 79.3 Å². The number of hydrogen-bond acceptors (Lipinski definition) is 7. The highest BCUT2D eigenvalue weighted by atomic mass is 32.2. The molecule has 0 radical (unpaired) electrons. The summed E-state index contributed by atoms with van der Waals surface area (Å²) in [5.74, 6) is 0. The highest BCUT2D eigenvalue weighted by Gasteiger charge is 2.30. The van der Waals surface area contributed by atoms with Crippen molar-refractivity contribution >= 4 is 26.5 Å². The van der Waals surface area contributed by atoms with Crippen LogP contribution in [0.2, 0.25) is 0 Å². The van der Waals surface area contributed by atoms with Crippen molar-refractivity contribution in [2.75, 3.05) is 31.1 Å². The summed E-state index contributed by atoms with van der Waals surface area (Å²) in [4.78, 5) is 6.82. The molecule has 0 bridgehead atoms. The zero-order valence-corrected chi connectivity index (χ0v) is 17.5. The zero-order chi connectivity index (χ0) is 19.8. The molecule has 150 valence electrons. The van der Waals surface area contributed by atoms with Crippen LogP contribution in [-0.4, -0.2) is 54.1 Å². The summed E-state index contributed by atoms with van der Waals surface area (Å²) in [7, 11) is -3.46. The maximum atomic E-state index is 13.1. The van der Waals surface area contributed by atoms with E-state index in [1.54, 1.807) is 16.6 Å². The van der Waals surface area contributed by atoms with E-state index in [0.717, 1.165) is 35.1 Å². The lowest BCUT2D eigenvalue weighted by Crippen LogP contribution is -2.48. The van der Waals surface area contributed by atoms with Crippen molar-refractivity contribution in [2.24, 2.45) is 0 Å². The first-order chi connectivity index (χ1) is 14.1. The van der Waals surface area contributed by atoms with Gasteiger partial charge in [0.2, 0.25) is 15.2 Å². The summed E-state index contributed by atoms with van der Waals surface area (Å²) in [5, 5.41) is 10.1. The van der Waals surface area contributed by atoms with Crippen molar-refractivity contribution in [3.05, 3.63) is 53.7 Å². The van der Waals surface area contributed by atoms with E-state index < -0.39 is 10.0 Å². The van der Waals surface area contributed by atoms with Gasteiger partial charge < -0.3 is 4.90 Å². The van der Waals surface area contributed by atoms with Gasteiger partial charge in [-0.25, -0.2) is 8.42 Å². The average Bonchev–Trinajstić information content (AvgIpc) is 3.44. The minimum atomic E-state index is -3.46. The van der Waals surface area contributed by atoms with Crippen molar-refractivity contribution in [3.63, 3.8) is 0 Å². The normalized spacial score (nSPS) is 17.4. The van der Waals surface area contributed by atoms with Gasteiger partial charge in [-0.1, -0.05) is 23.5 Å². The molecule has 9 heteroatoms. The van der Waals surface area contributed by atoms with Gasteiger partial charge in [0.05, 0.1) is 4.90 Å². The van der Waals surface area contributed by atoms with Crippen molar-refractivity contribution in [3.8, 4) is 10.7 Å². The summed E-state index contributed by atoms with van der Waals surface area (Å²) in [6.07, 6.45) is 4.87. The Labute approximate surface area is 174 Å². The second kappa shape index (κ2) is 7.47. The Hall–Kier alpha value is -2.36. The van der Waals surface area contributed by atoms with Crippen LogP contribution in [0.4, 0.5) is 5.13 Å². The fourth-order valence-corrected chi connectivity index (χ4v) is 6.26. The number of hydrogen-bond donors (Lipinski definition) is 0. The zero-order valence-electron chi connectivity index (χ0n) is 15.9. The monoisotopic (exact) mass is 427 g/mol. The van der Waals surface area contributed by atoms with Crippen LogP contribution >= 0.6 is 11.3 Å². The number of anilines is 1. The maximum Gasteiger partial charge on any atom is 0.243 e. The smallest absolute Gasteiger partial charge is 0.243 e. The van der Waals surface area contributed by atoms with Gasteiger partial charge in [-0.15, -0.1) is 10.2 Å². The van der Waals surface area contributed by atoms with E-state index in [2.05, 4.69) is 20.1 Å². The van der Waals surface area contributed by atoms with Crippen molar-refractivity contribution in [1.82, 2.24) is 19.5 Å². The Morgan fingerprint density at radius 2 is 1.76 bits per heavy atom. The minimum absolute atomic E-state index is 0.417. The molecule has 2 aromatic heterocycles. The van der Waals surface area contributed by atoms with Gasteiger partial charge in [-0.05, 0) is 54.7 Å². The van der Waals surface area contributed by atoms with Crippen molar-refractivity contribution < 1.29 is 8.42 Å². The standard InChI is InChI=1S/C20H21N5O2S2/c26-29(27,17-8-7-15-4-3-5-16(15)14-17)25-12-10-24(11-13-25)20-23-22-19(28-20)18-6-1-2-9-21-18/h1-2,6-9,14H,3-5,10-13H2.